The number of azo groups is 1. The number of Topliss-reactive ketones (excluding diaryl/α,β-unsaturated/α-hetero) is 2. The highest BCUT2D eigenvalue weighted by Gasteiger charge is 2.21. The molecule has 0 amide bonds. The number of rotatable bonds is 8. The number of ketones is 2. The highest BCUT2D eigenvalue weighted by Crippen LogP contribution is 2.20. The summed E-state index contributed by atoms with van der Waals surface area (Å²) in [6.45, 7) is 6.86. The highest BCUT2D eigenvalue weighted by atomic mass is 32.2. The van der Waals surface area contributed by atoms with E-state index in [2.05, 4.69) is 10.2 Å². The minimum absolute atomic E-state index is 0.162. The molecular formula is C15H21N3O4S. The average Bonchev–Trinajstić information content (AvgIpc) is 2.48. The van der Waals surface area contributed by atoms with Gasteiger partial charge in [0.1, 0.15) is 0 Å². The average molecular weight is 339 g/mol. The topological polar surface area (TPSA) is 96.2 Å². The number of carbonyl (C=O) groups excluding carboxylic acids is 2. The molecule has 0 atom stereocenters. The Bertz CT molecular complexity index is 678. The maximum atomic E-state index is 12.3. The van der Waals surface area contributed by atoms with Crippen molar-refractivity contribution in [3.05, 3.63) is 24.3 Å². The van der Waals surface area contributed by atoms with Crippen LogP contribution >= 0.6 is 0 Å². The van der Waals surface area contributed by atoms with E-state index < -0.39 is 16.1 Å². The Kier molecular flexibility index (Phi) is 6.71. The van der Waals surface area contributed by atoms with Gasteiger partial charge in [-0.15, -0.1) is 0 Å². The lowest BCUT2D eigenvalue weighted by atomic mass is 10.1. The molecule has 8 heteroatoms. The van der Waals surface area contributed by atoms with Gasteiger partial charge in [0.05, 0.1) is 10.6 Å². The molecule has 0 aromatic heterocycles. The lowest BCUT2D eigenvalue weighted by Crippen LogP contribution is -2.30. The molecule has 0 radical (unpaired) electrons. The SMILES string of the molecule is CCN(CC)S(=O)(=O)c1ccc(N=NC(C(C)=O)C(C)=O)cc1. The summed E-state index contributed by atoms with van der Waals surface area (Å²) in [5, 5.41) is 7.55. The number of hydrogen-bond donors (Lipinski definition) is 0. The largest absolute Gasteiger partial charge is 0.297 e. The molecule has 0 saturated carbocycles. The molecule has 1 aromatic rings. The van der Waals surface area contributed by atoms with Crippen molar-refractivity contribution in [1.29, 1.82) is 0 Å². The Morgan fingerprint density at radius 1 is 1.04 bits per heavy atom. The van der Waals surface area contributed by atoms with Gasteiger partial charge in [-0.25, -0.2) is 8.42 Å². The quantitative estimate of drug-likeness (QED) is 0.536. The van der Waals surface area contributed by atoms with Crippen molar-refractivity contribution in [3.63, 3.8) is 0 Å². The maximum Gasteiger partial charge on any atom is 0.243 e. The summed E-state index contributed by atoms with van der Waals surface area (Å²) < 4.78 is 26.0. The van der Waals surface area contributed by atoms with Crippen LogP contribution in [0.25, 0.3) is 0 Å². The van der Waals surface area contributed by atoms with Crippen molar-refractivity contribution in [2.24, 2.45) is 10.2 Å². The van der Waals surface area contributed by atoms with Gasteiger partial charge in [0.25, 0.3) is 0 Å². The Morgan fingerprint density at radius 2 is 1.52 bits per heavy atom. The van der Waals surface area contributed by atoms with Crippen LogP contribution in [0.5, 0.6) is 0 Å². The Balaban J connectivity index is 3.01. The van der Waals surface area contributed by atoms with E-state index in [-0.39, 0.29) is 16.5 Å². The summed E-state index contributed by atoms with van der Waals surface area (Å²) >= 11 is 0. The van der Waals surface area contributed by atoms with Crippen molar-refractivity contribution in [1.82, 2.24) is 4.31 Å². The molecule has 7 nitrogen and oxygen atoms in total. The predicted octanol–water partition coefficient (Wildman–Crippen LogP) is 2.35. The van der Waals surface area contributed by atoms with E-state index in [0.29, 0.717) is 18.8 Å². The summed E-state index contributed by atoms with van der Waals surface area (Å²) in [5.41, 5.74) is 0.371. The standard InChI is InChI=1S/C15H21N3O4S/c1-5-18(6-2)23(21,22)14-9-7-13(8-10-14)16-17-15(11(3)19)12(4)20/h7-10,15H,5-6H2,1-4H3. The molecule has 0 aliphatic heterocycles. The molecule has 1 rings (SSSR count). The summed E-state index contributed by atoms with van der Waals surface area (Å²) in [5.74, 6) is -0.774. The van der Waals surface area contributed by atoms with Gasteiger partial charge in [0.2, 0.25) is 10.0 Å². The summed E-state index contributed by atoms with van der Waals surface area (Å²) in [6.07, 6.45) is 0. The Labute approximate surface area is 136 Å². The van der Waals surface area contributed by atoms with Gasteiger partial charge in [-0.3, -0.25) is 9.59 Å². The van der Waals surface area contributed by atoms with Gasteiger partial charge in [-0.2, -0.15) is 14.5 Å². The molecule has 0 bridgehead atoms. The van der Waals surface area contributed by atoms with Crippen LogP contribution in [-0.2, 0) is 19.6 Å². The minimum atomic E-state index is -3.52. The molecule has 0 aliphatic rings. The third kappa shape index (κ3) is 4.77. The first kappa shape index (κ1) is 19.1. The van der Waals surface area contributed by atoms with E-state index in [1.807, 2.05) is 0 Å². The minimum Gasteiger partial charge on any atom is -0.297 e. The molecule has 0 N–H and O–H groups in total. The van der Waals surface area contributed by atoms with Crippen molar-refractivity contribution < 1.29 is 18.0 Å². The van der Waals surface area contributed by atoms with Gasteiger partial charge >= 0.3 is 0 Å². The molecule has 23 heavy (non-hydrogen) atoms. The van der Waals surface area contributed by atoms with Gasteiger partial charge in [0.15, 0.2) is 17.6 Å². The van der Waals surface area contributed by atoms with Gasteiger partial charge in [-0.05, 0) is 38.1 Å². The van der Waals surface area contributed by atoms with Crippen molar-refractivity contribution in [2.75, 3.05) is 13.1 Å². The molecule has 0 saturated heterocycles. The third-order valence-electron chi connectivity index (χ3n) is 3.24. The zero-order chi connectivity index (χ0) is 17.6. The van der Waals surface area contributed by atoms with E-state index in [4.69, 9.17) is 0 Å². The van der Waals surface area contributed by atoms with Gasteiger partial charge in [0, 0.05) is 13.1 Å². The number of nitrogens with zero attached hydrogens (tertiary/aromatic N) is 3. The lowest BCUT2D eigenvalue weighted by Gasteiger charge is -2.18. The van der Waals surface area contributed by atoms with Crippen molar-refractivity contribution in [3.8, 4) is 0 Å². The Hall–Kier alpha value is -1.93. The first-order valence-corrected chi connectivity index (χ1v) is 8.70. The van der Waals surface area contributed by atoms with E-state index >= 15 is 0 Å². The number of hydrogen-bond acceptors (Lipinski definition) is 6. The van der Waals surface area contributed by atoms with Crippen LogP contribution in [-0.4, -0.2) is 43.4 Å². The number of sulfonamides is 1. The first-order chi connectivity index (χ1) is 10.7. The van der Waals surface area contributed by atoms with Crippen LogP contribution in [0, 0.1) is 0 Å². The first-order valence-electron chi connectivity index (χ1n) is 7.26. The van der Waals surface area contributed by atoms with Crippen LogP contribution in [0.3, 0.4) is 0 Å². The zero-order valence-corrected chi connectivity index (χ0v) is 14.5. The fourth-order valence-corrected chi connectivity index (χ4v) is 3.43. The monoisotopic (exact) mass is 339 g/mol. The third-order valence-corrected chi connectivity index (χ3v) is 5.30. The Morgan fingerprint density at radius 3 is 1.91 bits per heavy atom. The van der Waals surface area contributed by atoms with E-state index in [1.54, 1.807) is 13.8 Å². The highest BCUT2D eigenvalue weighted by molar-refractivity contribution is 7.89. The summed E-state index contributed by atoms with van der Waals surface area (Å²) in [4.78, 5) is 22.7. The smallest absolute Gasteiger partial charge is 0.243 e. The molecule has 0 aliphatic carbocycles. The van der Waals surface area contributed by atoms with Gasteiger partial charge < -0.3 is 0 Å². The fraction of sp³-hybridized carbons (Fsp3) is 0.467. The molecule has 0 fully saturated rings. The maximum absolute atomic E-state index is 12.3. The predicted molar refractivity (Wildman–Crippen MR) is 86.2 cm³/mol. The van der Waals surface area contributed by atoms with Crippen LogP contribution in [0.1, 0.15) is 27.7 Å². The lowest BCUT2D eigenvalue weighted by molar-refractivity contribution is -0.126. The molecule has 126 valence electrons. The fourth-order valence-electron chi connectivity index (χ4n) is 1.97. The molecule has 1 aromatic carbocycles. The van der Waals surface area contributed by atoms with E-state index in [1.165, 1.54) is 42.4 Å². The summed E-state index contributed by atoms with van der Waals surface area (Å²) in [7, 11) is -3.52. The molecule has 0 spiro atoms. The molecular weight excluding hydrogens is 318 g/mol. The summed E-state index contributed by atoms with van der Waals surface area (Å²) in [6, 6.07) is 4.71. The molecule has 0 heterocycles. The number of benzene rings is 1. The van der Waals surface area contributed by atoms with Crippen LogP contribution in [0.4, 0.5) is 5.69 Å². The van der Waals surface area contributed by atoms with E-state index in [9.17, 15) is 18.0 Å². The van der Waals surface area contributed by atoms with Crippen LogP contribution in [0.2, 0.25) is 0 Å². The van der Waals surface area contributed by atoms with Crippen LogP contribution < -0.4 is 0 Å². The van der Waals surface area contributed by atoms with E-state index in [0.717, 1.165) is 0 Å². The second kappa shape index (κ2) is 8.07. The van der Waals surface area contributed by atoms with Crippen molar-refractivity contribution >= 4 is 27.3 Å². The van der Waals surface area contributed by atoms with Gasteiger partial charge in [-0.1, -0.05) is 13.8 Å². The molecule has 0 unspecified atom stereocenters. The van der Waals surface area contributed by atoms with Crippen molar-refractivity contribution in [2.45, 2.75) is 38.6 Å². The normalized spacial score (nSPS) is 12.3. The second-order valence-corrected chi connectivity index (χ2v) is 6.86. The second-order valence-electron chi connectivity index (χ2n) is 4.92. The zero-order valence-electron chi connectivity index (χ0n) is 13.7. The number of carbonyl (C=O) groups is 2. The van der Waals surface area contributed by atoms with Crippen LogP contribution in [0.15, 0.2) is 39.4 Å².